The van der Waals surface area contributed by atoms with Gasteiger partial charge in [0.05, 0.1) is 19.3 Å². The summed E-state index contributed by atoms with van der Waals surface area (Å²) in [4.78, 5) is 13.1. The van der Waals surface area contributed by atoms with Crippen molar-refractivity contribution in [2.45, 2.75) is 63.6 Å². The predicted octanol–water partition coefficient (Wildman–Crippen LogP) is 3.35. The van der Waals surface area contributed by atoms with E-state index < -0.39 is 23.1 Å². The van der Waals surface area contributed by atoms with Crippen LogP contribution in [-0.4, -0.2) is 29.9 Å². The third-order valence-electron chi connectivity index (χ3n) is 4.70. The van der Waals surface area contributed by atoms with Gasteiger partial charge >= 0.3 is 5.97 Å². The van der Waals surface area contributed by atoms with Gasteiger partial charge in [0.2, 0.25) is 0 Å². The summed E-state index contributed by atoms with van der Waals surface area (Å²) < 4.78 is 10.8. The molecule has 3 atom stereocenters. The topological polar surface area (TPSA) is 79.5 Å². The normalized spacial score (nSPS) is 23.2. The van der Waals surface area contributed by atoms with Crippen LogP contribution in [0.15, 0.2) is 24.3 Å². The molecule has 0 amide bonds. The van der Waals surface area contributed by atoms with Crippen molar-refractivity contribution in [2.75, 3.05) is 7.11 Å². The second-order valence-electron chi connectivity index (χ2n) is 7.67. The van der Waals surface area contributed by atoms with Crippen molar-refractivity contribution in [3.05, 3.63) is 29.8 Å². The average molecular weight is 345 g/mol. The molecule has 0 aromatic heterocycles. The number of carbonyl (C=O) groups is 1. The second-order valence-corrected chi connectivity index (χ2v) is 7.67. The van der Waals surface area contributed by atoms with Crippen LogP contribution in [0, 0.1) is 17.2 Å². The molecule has 1 fully saturated rings. The van der Waals surface area contributed by atoms with E-state index in [-0.39, 0.29) is 5.92 Å². The first-order valence-corrected chi connectivity index (χ1v) is 8.70. The third kappa shape index (κ3) is 4.13. The summed E-state index contributed by atoms with van der Waals surface area (Å²) in [6, 6.07) is 9.22. The maximum Gasteiger partial charge on any atom is 0.331 e. The number of esters is 1. The van der Waals surface area contributed by atoms with Crippen LogP contribution >= 0.6 is 0 Å². The van der Waals surface area contributed by atoms with Crippen LogP contribution in [0.5, 0.6) is 5.75 Å². The van der Waals surface area contributed by atoms with Gasteiger partial charge in [-0.3, -0.25) is 0 Å². The Morgan fingerprint density at radius 2 is 1.88 bits per heavy atom. The van der Waals surface area contributed by atoms with E-state index in [4.69, 9.17) is 9.47 Å². The molecule has 0 bridgehead atoms. The lowest BCUT2D eigenvalue weighted by molar-refractivity contribution is -0.162. The van der Waals surface area contributed by atoms with Gasteiger partial charge in [0.1, 0.15) is 11.4 Å². The molecule has 0 heterocycles. The molecule has 1 saturated carbocycles. The van der Waals surface area contributed by atoms with E-state index in [1.54, 1.807) is 52.1 Å². The number of hydrogen-bond acceptors (Lipinski definition) is 5. The maximum absolute atomic E-state index is 13.1. The van der Waals surface area contributed by atoms with E-state index in [9.17, 15) is 15.2 Å². The number of rotatable bonds is 4. The van der Waals surface area contributed by atoms with Gasteiger partial charge in [-0.05, 0) is 63.6 Å². The standard InChI is InChI=1S/C20H27NO4/c1-19(2,3)25-18(23)20(13-21,15-6-5-7-16(22)12-15)14-8-10-17(24-4)11-9-14/h8-11,15-16,22H,5-7,12H2,1-4H3/t15-,16+,20-/m1/s1. The lowest BCUT2D eigenvalue weighted by Gasteiger charge is -2.38. The highest BCUT2D eigenvalue weighted by Gasteiger charge is 2.51. The Kier molecular flexibility index (Phi) is 5.74. The molecule has 1 aliphatic carbocycles. The molecule has 1 aliphatic rings. The van der Waals surface area contributed by atoms with Crippen molar-refractivity contribution in [3.8, 4) is 11.8 Å². The summed E-state index contributed by atoms with van der Waals surface area (Å²) in [6.45, 7) is 5.37. The monoisotopic (exact) mass is 345 g/mol. The van der Waals surface area contributed by atoms with E-state index in [0.717, 1.165) is 6.42 Å². The van der Waals surface area contributed by atoms with Crippen molar-refractivity contribution in [3.63, 3.8) is 0 Å². The van der Waals surface area contributed by atoms with Gasteiger partial charge in [-0.25, -0.2) is 4.79 Å². The Balaban J connectivity index is 2.51. The van der Waals surface area contributed by atoms with Crippen LogP contribution < -0.4 is 4.74 Å². The molecule has 5 heteroatoms. The molecule has 0 saturated heterocycles. The van der Waals surface area contributed by atoms with Gasteiger partial charge < -0.3 is 14.6 Å². The van der Waals surface area contributed by atoms with Crippen molar-refractivity contribution in [2.24, 2.45) is 5.92 Å². The number of ether oxygens (including phenoxy) is 2. The van der Waals surface area contributed by atoms with Crippen LogP contribution in [0.25, 0.3) is 0 Å². The number of methoxy groups -OCH3 is 1. The molecule has 0 aliphatic heterocycles. The maximum atomic E-state index is 13.1. The molecule has 5 nitrogen and oxygen atoms in total. The Hall–Kier alpha value is -2.06. The molecular weight excluding hydrogens is 318 g/mol. The van der Waals surface area contributed by atoms with Gasteiger partial charge in [0.15, 0.2) is 5.41 Å². The lowest BCUT2D eigenvalue weighted by Crippen LogP contribution is -2.47. The highest BCUT2D eigenvalue weighted by Crippen LogP contribution is 2.43. The number of aliphatic hydroxyl groups excluding tert-OH is 1. The van der Waals surface area contributed by atoms with Gasteiger partial charge in [-0.1, -0.05) is 18.6 Å². The van der Waals surface area contributed by atoms with E-state index in [0.29, 0.717) is 30.6 Å². The van der Waals surface area contributed by atoms with Crippen LogP contribution in [0.2, 0.25) is 0 Å². The van der Waals surface area contributed by atoms with Crippen molar-refractivity contribution in [1.82, 2.24) is 0 Å². The van der Waals surface area contributed by atoms with Crippen LogP contribution in [0.4, 0.5) is 0 Å². The van der Waals surface area contributed by atoms with Crippen molar-refractivity contribution < 1.29 is 19.4 Å². The number of aliphatic hydroxyl groups is 1. The zero-order valence-corrected chi connectivity index (χ0v) is 15.4. The fourth-order valence-corrected chi connectivity index (χ4v) is 3.49. The van der Waals surface area contributed by atoms with Gasteiger partial charge in [0.25, 0.3) is 0 Å². The molecule has 0 spiro atoms. The highest BCUT2D eigenvalue weighted by atomic mass is 16.6. The highest BCUT2D eigenvalue weighted by molar-refractivity contribution is 5.87. The second kappa shape index (κ2) is 7.45. The Morgan fingerprint density at radius 3 is 2.36 bits per heavy atom. The largest absolute Gasteiger partial charge is 0.497 e. The summed E-state index contributed by atoms with van der Waals surface area (Å²) in [5.41, 5.74) is -1.54. The number of hydrogen-bond donors (Lipinski definition) is 1. The fourth-order valence-electron chi connectivity index (χ4n) is 3.49. The summed E-state index contributed by atoms with van der Waals surface area (Å²) >= 11 is 0. The SMILES string of the molecule is COc1ccc([C@@](C#N)(C(=O)OC(C)(C)C)[C@@H]2CCC[C@H](O)C2)cc1. The summed E-state index contributed by atoms with van der Waals surface area (Å²) in [6.07, 6.45) is 2.12. The van der Waals surface area contributed by atoms with Crippen molar-refractivity contribution >= 4 is 5.97 Å². The Morgan fingerprint density at radius 1 is 1.24 bits per heavy atom. The van der Waals surface area contributed by atoms with Gasteiger partial charge in [-0.2, -0.15) is 5.26 Å². The molecule has 0 unspecified atom stereocenters. The minimum Gasteiger partial charge on any atom is -0.497 e. The van der Waals surface area contributed by atoms with E-state index >= 15 is 0 Å². The number of nitrogens with zero attached hydrogens (tertiary/aromatic N) is 1. The predicted molar refractivity (Wildman–Crippen MR) is 94.1 cm³/mol. The molecule has 1 aromatic rings. The van der Waals surface area contributed by atoms with Gasteiger partial charge in [0, 0.05) is 0 Å². The number of nitriles is 1. The molecule has 1 aromatic carbocycles. The van der Waals surface area contributed by atoms with E-state index in [1.807, 2.05) is 0 Å². The zero-order valence-electron chi connectivity index (χ0n) is 15.4. The van der Waals surface area contributed by atoms with Crippen LogP contribution in [-0.2, 0) is 14.9 Å². The third-order valence-corrected chi connectivity index (χ3v) is 4.70. The molecule has 1 N–H and O–H groups in total. The molecular formula is C20H27NO4. The minimum atomic E-state index is -1.43. The lowest BCUT2D eigenvalue weighted by atomic mass is 9.65. The first-order valence-electron chi connectivity index (χ1n) is 8.70. The van der Waals surface area contributed by atoms with E-state index in [1.165, 1.54) is 0 Å². The minimum absolute atomic E-state index is 0.288. The Bertz CT molecular complexity index is 641. The Labute approximate surface area is 149 Å². The quantitative estimate of drug-likeness (QED) is 0.847. The smallest absolute Gasteiger partial charge is 0.331 e. The first-order chi connectivity index (χ1) is 11.7. The first kappa shape index (κ1) is 19.3. The average Bonchev–Trinajstić information content (AvgIpc) is 2.55. The number of carbonyl (C=O) groups excluding carboxylic acids is 1. The summed E-state index contributed by atoms with van der Waals surface area (Å²) in [5, 5.41) is 20.2. The summed E-state index contributed by atoms with van der Waals surface area (Å²) in [7, 11) is 1.57. The van der Waals surface area contributed by atoms with Crippen molar-refractivity contribution in [1.29, 1.82) is 5.26 Å². The molecule has 136 valence electrons. The fraction of sp³-hybridized carbons (Fsp3) is 0.600. The van der Waals surface area contributed by atoms with E-state index in [2.05, 4.69) is 6.07 Å². The van der Waals surface area contributed by atoms with Gasteiger partial charge in [-0.15, -0.1) is 0 Å². The molecule has 25 heavy (non-hydrogen) atoms. The van der Waals surface area contributed by atoms with Crippen LogP contribution in [0.1, 0.15) is 52.0 Å². The summed E-state index contributed by atoms with van der Waals surface area (Å²) in [5.74, 6) is -0.181. The number of benzene rings is 1. The zero-order chi connectivity index (χ0) is 18.7. The molecule has 0 radical (unpaired) electrons. The molecule has 2 rings (SSSR count). The van der Waals surface area contributed by atoms with Crippen LogP contribution in [0.3, 0.4) is 0 Å².